The number of benzene rings is 2. The third kappa shape index (κ3) is 4.15. The molecular formula is C21H22N2O3. The van der Waals surface area contributed by atoms with Crippen molar-refractivity contribution in [2.45, 2.75) is 32.2 Å². The fraction of sp³-hybridized carbons (Fsp3) is 0.333. The SMILES string of the molecule is CCOc1cc(C#N)ccc1OCC(=O)NC1CCCc2ccccc21. The summed E-state index contributed by atoms with van der Waals surface area (Å²) in [5.41, 5.74) is 2.99. The molecule has 0 aromatic heterocycles. The summed E-state index contributed by atoms with van der Waals surface area (Å²) in [6.45, 7) is 2.22. The second kappa shape index (κ2) is 8.39. The van der Waals surface area contributed by atoms with E-state index in [1.54, 1.807) is 18.2 Å². The molecule has 26 heavy (non-hydrogen) atoms. The number of carbonyl (C=O) groups excluding carboxylic acids is 1. The molecule has 0 saturated carbocycles. The van der Waals surface area contributed by atoms with Gasteiger partial charge in [0.15, 0.2) is 18.1 Å². The van der Waals surface area contributed by atoms with Crippen LogP contribution in [0.4, 0.5) is 0 Å². The van der Waals surface area contributed by atoms with Crippen LogP contribution in [0.3, 0.4) is 0 Å². The highest BCUT2D eigenvalue weighted by molar-refractivity contribution is 5.78. The van der Waals surface area contributed by atoms with Gasteiger partial charge in [0, 0.05) is 6.07 Å². The molecule has 0 fully saturated rings. The lowest BCUT2D eigenvalue weighted by Crippen LogP contribution is -2.34. The molecule has 0 saturated heterocycles. The van der Waals surface area contributed by atoms with Crippen molar-refractivity contribution in [3.63, 3.8) is 0 Å². The summed E-state index contributed by atoms with van der Waals surface area (Å²) in [7, 11) is 0. The molecule has 3 rings (SSSR count). The molecule has 5 nitrogen and oxygen atoms in total. The Morgan fingerprint density at radius 1 is 1.23 bits per heavy atom. The van der Waals surface area contributed by atoms with E-state index in [2.05, 4.69) is 23.5 Å². The van der Waals surface area contributed by atoms with E-state index in [4.69, 9.17) is 14.7 Å². The zero-order valence-electron chi connectivity index (χ0n) is 14.8. The Balaban J connectivity index is 1.63. The smallest absolute Gasteiger partial charge is 0.258 e. The zero-order valence-corrected chi connectivity index (χ0v) is 14.8. The minimum absolute atomic E-state index is 0.0309. The summed E-state index contributed by atoms with van der Waals surface area (Å²) >= 11 is 0. The Hall–Kier alpha value is -3.00. The average molecular weight is 350 g/mol. The fourth-order valence-corrected chi connectivity index (χ4v) is 3.25. The largest absolute Gasteiger partial charge is 0.490 e. The maximum absolute atomic E-state index is 12.4. The number of nitrogens with zero attached hydrogens (tertiary/aromatic N) is 1. The number of nitrogens with one attached hydrogen (secondary N) is 1. The van der Waals surface area contributed by atoms with E-state index < -0.39 is 0 Å². The van der Waals surface area contributed by atoms with Crippen molar-refractivity contribution in [1.29, 1.82) is 5.26 Å². The minimum Gasteiger partial charge on any atom is -0.490 e. The van der Waals surface area contributed by atoms with Gasteiger partial charge < -0.3 is 14.8 Å². The van der Waals surface area contributed by atoms with Crippen molar-refractivity contribution < 1.29 is 14.3 Å². The molecule has 1 N–H and O–H groups in total. The number of rotatable bonds is 6. The lowest BCUT2D eigenvalue weighted by atomic mass is 9.88. The van der Waals surface area contributed by atoms with Crippen LogP contribution in [0.2, 0.25) is 0 Å². The van der Waals surface area contributed by atoms with E-state index in [0.29, 0.717) is 23.7 Å². The van der Waals surface area contributed by atoms with Crippen molar-refractivity contribution in [3.8, 4) is 17.6 Å². The summed E-state index contributed by atoms with van der Waals surface area (Å²) < 4.78 is 11.1. The molecule has 1 aliphatic carbocycles. The number of fused-ring (bicyclic) bond motifs is 1. The van der Waals surface area contributed by atoms with Crippen molar-refractivity contribution >= 4 is 5.91 Å². The Morgan fingerprint density at radius 2 is 2.08 bits per heavy atom. The highest BCUT2D eigenvalue weighted by atomic mass is 16.5. The quantitative estimate of drug-likeness (QED) is 0.865. The first-order valence-corrected chi connectivity index (χ1v) is 8.88. The minimum atomic E-state index is -0.168. The molecule has 0 spiro atoms. The lowest BCUT2D eigenvalue weighted by Gasteiger charge is -2.26. The Labute approximate surface area is 153 Å². The van der Waals surface area contributed by atoms with Crippen LogP contribution in [0.1, 0.15) is 42.5 Å². The van der Waals surface area contributed by atoms with Gasteiger partial charge in [0.25, 0.3) is 5.91 Å². The third-order valence-corrected chi connectivity index (χ3v) is 4.44. The Morgan fingerprint density at radius 3 is 2.88 bits per heavy atom. The highest BCUT2D eigenvalue weighted by Crippen LogP contribution is 2.30. The van der Waals surface area contributed by atoms with Crippen LogP contribution in [-0.2, 0) is 11.2 Å². The number of ether oxygens (including phenoxy) is 2. The molecule has 2 aromatic rings. The number of aryl methyl sites for hydroxylation is 1. The summed E-state index contributed by atoms with van der Waals surface area (Å²) in [5.74, 6) is 0.769. The molecule has 1 unspecified atom stereocenters. The molecular weight excluding hydrogens is 328 g/mol. The van der Waals surface area contributed by atoms with Gasteiger partial charge in [-0.25, -0.2) is 0 Å². The van der Waals surface area contributed by atoms with Crippen LogP contribution in [0.5, 0.6) is 11.5 Å². The third-order valence-electron chi connectivity index (χ3n) is 4.44. The molecule has 1 aliphatic rings. The second-order valence-corrected chi connectivity index (χ2v) is 6.21. The number of amides is 1. The number of carbonyl (C=O) groups is 1. The van der Waals surface area contributed by atoms with Crippen molar-refractivity contribution in [2.75, 3.05) is 13.2 Å². The van der Waals surface area contributed by atoms with Crippen LogP contribution in [-0.4, -0.2) is 19.1 Å². The van der Waals surface area contributed by atoms with Crippen molar-refractivity contribution in [3.05, 3.63) is 59.2 Å². The monoisotopic (exact) mass is 350 g/mol. The van der Waals surface area contributed by atoms with E-state index in [1.807, 2.05) is 19.1 Å². The van der Waals surface area contributed by atoms with Gasteiger partial charge in [-0.15, -0.1) is 0 Å². The summed E-state index contributed by atoms with van der Waals surface area (Å²) in [5, 5.41) is 12.1. The molecule has 2 aromatic carbocycles. The molecule has 1 atom stereocenters. The molecule has 134 valence electrons. The van der Waals surface area contributed by atoms with E-state index in [0.717, 1.165) is 19.3 Å². The predicted molar refractivity (Wildman–Crippen MR) is 98.1 cm³/mol. The summed E-state index contributed by atoms with van der Waals surface area (Å²) in [6, 6.07) is 15.3. The molecule has 1 amide bonds. The first-order chi connectivity index (χ1) is 12.7. The normalized spacial score (nSPS) is 15.5. The van der Waals surface area contributed by atoms with E-state index >= 15 is 0 Å². The van der Waals surface area contributed by atoms with Crippen LogP contribution >= 0.6 is 0 Å². The maximum Gasteiger partial charge on any atom is 0.258 e. The topological polar surface area (TPSA) is 71.3 Å². The van der Waals surface area contributed by atoms with Gasteiger partial charge in [-0.3, -0.25) is 4.79 Å². The Kier molecular flexibility index (Phi) is 5.75. The molecule has 0 aliphatic heterocycles. The van der Waals surface area contributed by atoms with Gasteiger partial charge in [0.1, 0.15) is 0 Å². The second-order valence-electron chi connectivity index (χ2n) is 6.21. The average Bonchev–Trinajstić information content (AvgIpc) is 2.67. The number of nitriles is 1. The molecule has 0 heterocycles. The van der Waals surface area contributed by atoms with Crippen molar-refractivity contribution in [2.24, 2.45) is 0 Å². The standard InChI is InChI=1S/C21H22N2O3/c1-2-25-20-12-15(13-22)10-11-19(20)26-14-21(24)23-18-9-5-7-16-6-3-4-8-17(16)18/h3-4,6,8,10-12,18H,2,5,7,9,14H2,1H3,(H,23,24). The summed E-state index contributed by atoms with van der Waals surface area (Å²) in [6.07, 6.45) is 3.05. The first-order valence-electron chi connectivity index (χ1n) is 8.88. The molecule has 5 heteroatoms. The number of hydrogen-bond donors (Lipinski definition) is 1. The van der Waals surface area contributed by atoms with Gasteiger partial charge in [-0.2, -0.15) is 5.26 Å². The van der Waals surface area contributed by atoms with Gasteiger partial charge in [0.05, 0.1) is 24.3 Å². The lowest BCUT2D eigenvalue weighted by molar-refractivity contribution is -0.124. The van der Waals surface area contributed by atoms with Crippen molar-refractivity contribution in [1.82, 2.24) is 5.32 Å². The van der Waals surface area contributed by atoms with E-state index in [-0.39, 0.29) is 18.6 Å². The van der Waals surface area contributed by atoms with Crippen LogP contribution in [0.25, 0.3) is 0 Å². The van der Waals surface area contributed by atoms with Crippen LogP contribution in [0.15, 0.2) is 42.5 Å². The predicted octanol–water partition coefficient (Wildman–Crippen LogP) is 3.53. The van der Waals surface area contributed by atoms with Crippen LogP contribution < -0.4 is 14.8 Å². The molecule has 0 radical (unpaired) electrons. The van der Waals surface area contributed by atoms with Gasteiger partial charge in [-0.1, -0.05) is 24.3 Å². The van der Waals surface area contributed by atoms with Gasteiger partial charge in [-0.05, 0) is 49.4 Å². The molecule has 0 bridgehead atoms. The van der Waals surface area contributed by atoms with Gasteiger partial charge in [0.2, 0.25) is 0 Å². The van der Waals surface area contributed by atoms with Crippen LogP contribution in [0, 0.1) is 11.3 Å². The van der Waals surface area contributed by atoms with E-state index in [1.165, 1.54) is 11.1 Å². The van der Waals surface area contributed by atoms with E-state index in [9.17, 15) is 4.79 Å². The number of hydrogen-bond acceptors (Lipinski definition) is 4. The summed E-state index contributed by atoms with van der Waals surface area (Å²) in [4.78, 5) is 12.4. The zero-order chi connectivity index (χ0) is 18.4. The highest BCUT2D eigenvalue weighted by Gasteiger charge is 2.21. The fourth-order valence-electron chi connectivity index (χ4n) is 3.25. The Bertz CT molecular complexity index is 826. The van der Waals surface area contributed by atoms with Gasteiger partial charge >= 0.3 is 0 Å². The first kappa shape index (κ1) is 17.8. The maximum atomic E-state index is 12.4.